The molecule has 5 rings (SSSR count). The zero-order chi connectivity index (χ0) is 33.0. The zero-order valence-electron chi connectivity index (χ0n) is 26.8. The van der Waals surface area contributed by atoms with Crippen LogP contribution < -0.4 is 10.6 Å². The van der Waals surface area contributed by atoms with Crippen LogP contribution in [0.2, 0.25) is 0 Å². The Balaban J connectivity index is 1.22. The molecule has 1 saturated heterocycles. The van der Waals surface area contributed by atoms with Gasteiger partial charge < -0.3 is 25.2 Å². The summed E-state index contributed by atoms with van der Waals surface area (Å²) < 4.78 is 14.0. The van der Waals surface area contributed by atoms with Crippen molar-refractivity contribution in [2.45, 2.75) is 81.9 Å². The van der Waals surface area contributed by atoms with E-state index in [9.17, 15) is 14.7 Å². The van der Waals surface area contributed by atoms with Crippen LogP contribution in [0.3, 0.4) is 0 Å². The molecule has 0 radical (unpaired) electrons. The normalized spacial score (nSPS) is 17.7. The highest BCUT2D eigenvalue weighted by molar-refractivity contribution is 8.01. The second kappa shape index (κ2) is 17.5. The maximum Gasteiger partial charge on any atom is 0.220 e. The van der Waals surface area contributed by atoms with Crippen LogP contribution in [0.1, 0.15) is 78.7 Å². The first-order valence-corrected chi connectivity index (χ1v) is 17.8. The van der Waals surface area contributed by atoms with Crippen molar-refractivity contribution in [2.75, 3.05) is 12.3 Å². The highest BCUT2D eigenvalue weighted by atomic mass is 32.2. The number of unbranched alkanes of at least 4 members (excludes halogenated alkanes) is 2. The van der Waals surface area contributed by atoms with Gasteiger partial charge in [-0.3, -0.25) is 9.59 Å². The molecule has 3 atom stereocenters. The van der Waals surface area contributed by atoms with Gasteiger partial charge in [-0.15, -0.1) is 10.2 Å². The van der Waals surface area contributed by atoms with Crippen molar-refractivity contribution in [3.63, 3.8) is 0 Å². The summed E-state index contributed by atoms with van der Waals surface area (Å²) >= 11 is 3.23. The molecular weight excluding hydrogens is 633 g/mol. The molecule has 9 nitrogen and oxygen atoms in total. The topological polar surface area (TPSA) is 123 Å². The largest absolute Gasteiger partial charge is 0.392 e. The van der Waals surface area contributed by atoms with Crippen LogP contribution >= 0.6 is 23.1 Å². The van der Waals surface area contributed by atoms with Crippen molar-refractivity contribution in [2.24, 2.45) is 0 Å². The van der Waals surface area contributed by atoms with Crippen LogP contribution in [0.5, 0.6) is 0 Å². The molecule has 1 aromatic heterocycles. The Morgan fingerprint density at radius 3 is 2.43 bits per heavy atom. The zero-order valence-corrected chi connectivity index (χ0v) is 28.4. The first-order valence-electron chi connectivity index (χ1n) is 16.0. The van der Waals surface area contributed by atoms with E-state index in [0.29, 0.717) is 25.9 Å². The minimum absolute atomic E-state index is 0.00203. The summed E-state index contributed by atoms with van der Waals surface area (Å²) in [6.45, 7) is 4.56. The fraction of sp³-hybridized carbons (Fsp3) is 0.389. The van der Waals surface area contributed by atoms with E-state index in [1.807, 2.05) is 61.5 Å². The Morgan fingerprint density at radius 1 is 0.936 bits per heavy atom. The van der Waals surface area contributed by atoms with Gasteiger partial charge in [0.05, 0.1) is 18.8 Å². The third-order valence-corrected chi connectivity index (χ3v) is 10.1. The SMILES string of the molecule is CC(=O)NCCCCCC(=O)NCc1ccccc1-c1ccc([C@H]2O[C@@H](CSc3nnc(C)s3)C[C@@H](c3ccc(CO)cc3)O2)cc1. The second-order valence-corrected chi connectivity index (χ2v) is 14.0. The molecule has 1 aliphatic heterocycles. The Bertz CT molecular complexity index is 1600. The van der Waals surface area contributed by atoms with E-state index in [1.165, 1.54) is 6.92 Å². The lowest BCUT2D eigenvalue weighted by atomic mass is 9.97. The molecule has 2 heterocycles. The molecule has 3 N–H and O–H groups in total. The minimum atomic E-state index is -0.546. The average Bonchev–Trinajstić information content (AvgIpc) is 3.52. The molecule has 1 aliphatic rings. The van der Waals surface area contributed by atoms with Crippen molar-refractivity contribution in [3.05, 3.63) is 100 Å². The summed E-state index contributed by atoms with van der Waals surface area (Å²) in [7, 11) is 0. The highest BCUT2D eigenvalue weighted by Crippen LogP contribution is 2.40. The number of aryl methyl sites for hydroxylation is 1. The van der Waals surface area contributed by atoms with E-state index in [1.54, 1.807) is 23.1 Å². The summed E-state index contributed by atoms with van der Waals surface area (Å²) in [4.78, 5) is 23.5. The third-order valence-electron chi connectivity index (χ3n) is 7.96. The van der Waals surface area contributed by atoms with Gasteiger partial charge in [0.15, 0.2) is 10.6 Å². The highest BCUT2D eigenvalue weighted by Gasteiger charge is 2.32. The number of aliphatic hydroxyl groups is 1. The van der Waals surface area contributed by atoms with Crippen LogP contribution in [0.4, 0.5) is 0 Å². The van der Waals surface area contributed by atoms with Crippen molar-refractivity contribution in [1.29, 1.82) is 0 Å². The number of thioether (sulfide) groups is 1. The number of nitrogens with one attached hydrogen (secondary N) is 2. The quantitative estimate of drug-likeness (QED) is 0.0946. The number of aromatic nitrogens is 2. The van der Waals surface area contributed by atoms with E-state index in [4.69, 9.17) is 9.47 Å². The smallest absolute Gasteiger partial charge is 0.220 e. The number of ether oxygens (including phenoxy) is 2. The third kappa shape index (κ3) is 10.4. The Hall–Kier alpha value is -3.61. The first-order chi connectivity index (χ1) is 22.9. The lowest BCUT2D eigenvalue weighted by Gasteiger charge is -2.36. The molecule has 0 aliphatic carbocycles. The molecule has 47 heavy (non-hydrogen) atoms. The van der Waals surface area contributed by atoms with Gasteiger partial charge in [0.1, 0.15) is 5.01 Å². The van der Waals surface area contributed by atoms with Gasteiger partial charge in [-0.1, -0.05) is 102 Å². The lowest BCUT2D eigenvalue weighted by molar-refractivity contribution is -0.245. The summed E-state index contributed by atoms with van der Waals surface area (Å²) in [6.07, 6.45) is 2.94. The number of carbonyl (C=O) groups excluding carboxylic acids is 2. The van der Waals surface area contributed by atoms with Crippen molar-refractivity contribution >= 4 is 34.9 Å². The fourth-order valence-electron chi connectivity index (χ4n) is 5.43. The van der Waals surface area contributed by atoms with Gasteiger partial charge in [0.25, 0.3) is 0 Å². The van der Waals surface area contributed by atoms with Crippen LogP contribution in [-0.4, -0.2) is 45.5 Å². The predicted octanol–water partition coefficient (Wildman–Crippen LogP) is 6.66. The molecular formula is C36H42N4O5S2. The average molecular weight is 675 g/mol. The Labute approximate surface area is 284 Å². The van der Waals surface area contributed by atoms with Gasteiger partial charge in [-0.25, -0.2) is 0 Å². The van der Waals surface area contributed by atoms with Gasteiger partial charge in [0, 0.05) is 44.2 Å². The predicted molar refractivity (Wildman–Crippen MR) is 185 cm³/mol. The summed E-state index contributed by atoms with van der Waals surface area (Å²) in [5, 5.41) is 24.7. The number of nitrogens with zero attached hydrogens (tertiary/aromatic N) is 2. The number of carbonyl (C=O) groups is 2. The van der Waals surface area contributed by atoms with Crippen molar-refractivity contribution in [1.82, 2.24) is 20.8 Å². The Kier molecular flexibility index (Phi) is 12.9. The van der Waals surface area contributed by atoms with Crippen molar-refractivity contribution < 1.29 is 24.2 Å². The van der Waals surface area contributed by atoms with Gasteiger partial charge in [-0.05, 0) is 47.6 Å². The molecule has 2 amide bonds. The number of amides is 2. The van der Waals surface area contributed by atoms with Gasteiger partial charge >= 0.3 is 0 Å². The number of aliphatic hydroxyl groups excluding tert-OH is 1. The summed E-state index contributed by atoms with van der Waals surface area (Å²) in [5.41, 5.74) is 5.98. The van der Waals surface area contributed by atoms with E-state index in [2.05, 4.69) is 39.0 Å². The number of hydrogen-bond acceptors (Lipinski definition) is 9. The number of hydrogen-bond donors (Lipinski definition) is 3. The van der Waals surface area contributed by atoms with Gasteiger partial charge in [-0.2, -0.15) is 0 Å². The Morgan fingerprint density at radius 2 is 1.70 bits per heavy atom. The molecule has 3 aromatic carbocycles. The van der Waals surface area contributed by atoms with Gasteiger partial charge in [0.2, 0.25) is 11.8 Å². The first kappa shape index (κ1) is 34.7. The van der Waals surface area contributed by atoms with E-state index in [-0.39, 0.29) is 30.6 Å². The molecule has 1 fully saturated rings. The van der Waals surface area contributed by atoms with E-state index < -0.39 is 6.29 Å². The summed E-state index contributed by atoms with van der Waals surface area (Å²) in [6, 6.07) is 24.2. The molecule has 248 valence electrons. The van der Waals surface area contributed by atoms with Crippen LogP contribution in [0, 0.1) is 6.92 Å². The minimum Gasteiger partial charge on any atom is -0.392 e. The number of benzene rings is 3. The molecule has 0 spiro atoms. The van der Waals surface area contributed by atoms with Crippen molar-refractivity contribution in [3.8, 4) is 11.1 Å². The maximum atomic E-state index is 12.5. The molecule has 0 saturated carbocycles. The molecule has 0 bridgehead atoms. The number of rotatable bonds is 15. The van der Waals surface area contributed by atoms with E-state index in [0.717, 1.165) is 67.7 Å². The summed E-state index contributed by atoms with van der Waals surface area (Å²) in [5.74, 6) is 0.727. The monoisotopic (exact) mass is 674 g/mol. The maximum absolute atomic E-state index is 12.5. The fourth-order valence-corrected chi connectivity index (χ4v) is 7.29. The van der Waals surface area contributed by atoms with Crippen LogP contribution in [0.15, 0.2) is 77.1 Å². The van der Waals surface area contributed by atoms with Crippen LogP contribution in [-0.2, 0) is 32.2 Å². The lowest BCUT2D eigenvalue weighted by Crippen LogP contribution is -2.31. The van der Waals surface area contributed by atoms with Crippen LogP contribution in [0.25, 0.3) is 11.1 Å². The standard InChI is InChI=1S/C36H42N4O5S2/c1-24(42)37-19-7-3-4-10-34(43)38-21-30-8-5-6-9-32(30)27-15-17-29(18-16-27)35-44-31(23-46-36-40-39-25(2)47-36)20-33(45-35)28-13-11-26(22-41)12-14-28/h5-6,8-9,11-18,31,33,35,41H,3-4,7,10,19-23H2,1-2H3,(H,37,42)(H,38,43)/t31-,33+,35+/m1/s1. The molecule has 4 aromatic rings. The van der Waals surface area contributed by atoms with E-state index >= 15 is 0 Å². The molecule has 0 unspecified atom stereocenters. The second-order valence-electron chi connectivity index (χ2n) is 11.6. The molecule has 11 heteroatoms.